The second kappa shape index (κ2) is 9.03. The van der Waals surface area contributed by atoms with Crippen LogP contribution in [0.15, 0.2) is 47.4 Å². The molecule has 0 saturated carbocycles. The van der Waals surface area contributed by atoms with Gasteiger partial charge < -0.3 is 14.5 Å². The summed E-state index contributed by atoms with van der Waals surface area (Å²) >= 11 is 0. The molecule has 1 fully saturated rings. The predicted molar refractivity (Wildman–Crippen MR) is 127 cm³/mol. The largest absolute Gasteiger partial charge is 0.476 e. The average molecular weight is 484 g/mol. The van der Waals surface area contributed by atoms with Crippen LogP contribution in [0.5, 0.6) is 5.75 Å². The highest BCUT2D eigenvalue weighted by atomic mass is 32.2. The van der Waals surface area contributed by atoms with Gasteiger partial charge in [-0.25, -0.2) is 8.42 Å². The molecular formula is C25H29N3O5S. The van der Waals surface area contributed by atoms with Gasteiger partial charge in [-0.3, -0.25) is 9.59 Å². The molecule has 0 spiro atoms. The highest BCUT2D eigenvalue weighted by Gasteiger charge is 2.37. The number of nitrogens with zero attached hydrogens (tertiary/aromatic N) is 3. The highest BCUT2D eigenvalue weighted by Crippen LogP contribution is 2.34. The molecule has 3 aliphatic rings. The van der Waals surface area contributed by atoms with Gasteiger partial charge in [0.05, 0.1) is 17.1 Å². The molecule has 0 N–H and O–H groups in total. The second-order valence-corrected chi connectivity index (χ2v) is 11.0. The summed E-state index contributed by atoms with van der Waals surface area (Å²) in [4.78, 5) is 28.9. The lowest BCUT2D eigenvalue weighted by atomic mass is 9.92. The number of carbonyl (C=O) groups is 2. The van der Waals surface area contributed by atoms with Crippen LogP contribution in [0, 0.1) is 0 Å². The summed E-state index contributed by atoms with van der Waals surface area (Å²) < 4.78 is 33.9. The average Bonchev–Trinajstić information content (AvgIpc) is 2.87. The smallest absolute Gasteiger partial charge is 0.265 e. The molecule has 0 bridgehead atoms. The van der Waals surface area contributed by atoms with Crippen molar-refractivity contribution < 1.29 is 22.7 Å². The fraction of sp³-hybridized carbons (Fsp3) is 0.440. The van der Waals surface area contributed by atoms with Crippen molar-refractivity contribution in [1.29, 1.82) is 0 Å². The molecule has 1 atom stereocenters. The number of sulfonamides is 1. The third-order valence-corrected chi connectivity index (χ3v) is 8.83. The van der Waals surface area contributed by atoms with Crippen molar-refractivity contribution in [2.24, 2.45) is 0 Å². The third kappa shape index (κ3) is 4.18. The Hall–Kier alpha value is -2.91. The first-order valence-corrected chi connectivity index (χ1v) is 13.2. The number of aryl methyl sites for hydroxylation is 2. The zero-order chi connectivity index (χ0) is 23.9. The molecule has 1 aliphatic carbocycles. The Kier molecular flexibility index (Phi) is 6.07. The molecule has 2 aromatic rings. The Morgan fingerprint density at radius 3 is 2.38 bits per heavy atom. The SMILES string of the molecule is CC(=O)N1CC(C(=O)N2CCN(S(=O)(=O)c3ccc4c(c3)CCCC4)CC2)Oc2ccccc21. The Morgan fingerprint density at radius 1 is 0.941 bits per heavy atom. The summed E-state index contributed by atoms with van der Waals surface area (Å²) in [5, 5.41) is 0. The zero-order valence-corrected chi connectivity index (χ0v) is 20.1. The number of hydrogen-bond donors (Lipinski definition) is 0. The number of hydrogen-bond acceptors (Lipinski definition) is 5. The zero-order valence-electron chi connectivity index (χ0n) is 19.3. The Labute approximate surface area is 200 Å². The number of para-hydroxylation sites is 2. The number of ether oxygens (including phenoxy) is 1. The van der Waals surface area contributed by atoms with Crippen LogP contribution in [0.2, 0.25) is 0 Å². The van der Waals surface area contributed by atoms with E-state index in [1.54, 1.807) is 34.1 Å². The van der Waals surface area contributed by atoms with Crippen LogP contribution in [-0.4, -0.2) is 68.3 Å². The molecule has 34 heavy (non-hydrogen) atoms. The van der Waals surface area contributed by atoms with Gasteiger partial charge in [-0.15, -0.1) is 0 Å². The minimum absolute atomic E-state index is 0.138. The summed E-state index contributed by atoms with van der Waals surface area (Å²) in [6.45, 7) is 2.62. The van der Waals surface area contributed by atoms with Gasteiger partial charge in [-0.2, -0.15) is 4.31 Å². The maximum absolute atomic E-state index is 13.3. The van der Waals surface area contributed by atoms with Crippen molar-refractivity contribution in [3.05, 3.63) is 53.6 Å². The second-order valence-electron chi connectivity index (χ2n) is 9.07. The minimum atomic E-state index is -3.62. The molecule has 9 heteroatoms. The number of amides is 2. The monoisotopic (exact) mass is 483 g/mol. The fourth-order valence-electron chi connectivity index (χ4n) is 5.03. The lowest BCUT2D eigenvalue weighted by molar-refractivity contribution is -0.140. The Bertz CT molecular complexity index is 1220. The maximum Gasteiger partial charge on any atom is 0.265 e. The van der Waals surface area contributed by atoms with Crippen molar-refractivity contribution in [2.75, 3.05) is 37.6 Å². The van der Waals surface area contributed by atoms with Crippen LogP contribution in [0.25, 0.3) is 0 Å². The highest BCUT2D eigenvalue weighted by molar-refractivity contribution is 7.89. The standard InChI is InChI=1S/C25H29N3O5S/c1-18(29)28-17-24(33-23-9-5-4-8-22(23)28)25(30)26-12-14-27(15-13-26)34(31,32)21-11-10-19-6-2-3-7-20(19)16-21/h4-5,8-11,16,24H,2-3,6-7,12-15,17H2,1H3. The van der Waals surface area contributed by atoms with E-state index < -0.39 is 16.1 Å². The summed E-state index contributed by atoms with van der Waals surface area (Å²) in [6, 6.07) is 12.6. The molecule has 2 heterocycles. The van der Waals surface area contributed by atoms with Crippen LogP contribution in [0.1, 0.15) is 30.9 Å². The molecule has 8 nitrogen and oxygen atoms in total. The topological polar surface area (TPSA) is 87.2 Å². The van der Waals surface area contributed by atoms with Crippen LogP contribution < -0.4 is 9.64 Å². The number of piperazine rings is 1. The van der Waals surface area contributed by atoms with Crippen LogP contribution in [0.3, 0.4) is 0 Å². The summed E-state index contributed by atoms with van der Waals surface area (Å²) in [5.74, 6) is 0.108. The van der Waals surface area contributed by atoms with Gasteiger partial charge in [0.2, 0.25) is 15.9 Å². The van der Waals surface area contributed by atoms with Crippen LogP contribution in [-0.2, 0) is 32.5 Å². The molecule has 0 radical (unpaired) electrons. The minimum Gasteiger partial charge on any atom is -0.476 e. The van der Waals surface area contributed by atoms with Gasteiger partial charge in [0.1, 0.15) is 5.75 Å². The van der Waals surface area contributed by atoms with Crippen molar-refractivity contribution in [1.82, 2.24) is 9.21 Å². The van der Waals surface area contributed by atoms with Crippen molar-refractivity contribution in [3.63, 3.8) is 0 Å². The summed E-state index contributed by atoms with van der Waals surface area (Å²) in [5.41, 5.74) is 3.03. The van der Waals surface area contributed by atoms with E-state index in [4.69, 9.17) is 4.74 Å². The first-order valence-electron chi connectivity index (χ1n) is 11.8. The van der Waals surface area contributed by atoms with Gasteiger partial charge in [0, 0.05) is 33.1 Å². The lowest BCUT2D eigenvalue weighted by Gasteiger charge is -2.39. The van der Waals surface area contributed by atoms with E-state index >= 15 is 0 Å². The summed E-state index contributed by atoms with van der Waals surface area (Å²) in [7, 11) is -3.62. The molecule has 1 saturated heterocycles. The van der Waals surface area contributed by atoms with Gasteiger partial charge in [0.25, 0.3) is 5.91 Å². The van der Waals surface area contributed by atoms with Crippen LogP contribution >= 0.6 is 0 Å². The predicted octanol–water partition coefficient (Wildman–Crippen LogP) is 2.21. The van der Waals surface area contributed by atoms with Gasteiger partial charge in [-0.05, 0) is 61.1 Å². The van der Waals surface area contributed by atoms with Crippen molar-refractivity contribution >= 4 is 27.5 Å². The number of benzene rings is 2. The van der Waals surface area contributed by atoms with E-state index in [1.165, 1.54) is 16.8 Å². The Balaban J connectivity index is 1.26. The van der Waals surface area contributed by atoms with E-state index in [0.717, 1.165) is 31.2 Å². The third-order valence-electron chi connectivity index (χ3n) is 6.94. The molecule has 2 aromatic carbocycles. The van der Waals surface area contributed by atoms with E-state index in [2.05, 4.69) is 0 Å². The normalized spacial score (nSPS) is 20.8. The molecule has 5 rings (SSSR count). The molecule has 0 aromatic heterocycles. The molecule has 1 unspecified atom stereocenters. The van der Waals surface area contributed by atoms with E-state index in [-0.39, 0.29) is 44.5 Å². The van der Waals surface area contributed by atoms with Gasteiger partial charge in [0.15, 0.2) is 6.10 Å². The quantitative estimate of drug-likeness (QED) is 0.668. The van der Waals surface area contributed by atoms with Gasteiger partial charge in [-0.1, -0.05) is 18.2 Å². The first-order chi connectivity index (χ1) is 16.3. The number of carbonyl (C=O) groups excluding carboxylic acids is 2. The van der Waals surface area contributed by atoms with Crippen molar-refractivity contribution in [3.8, 4) is 5.75 Å². The van der Waals surface area contributed by atoms with E-state index in [0.29, 0.717) is 16.3 Å². The van der Waals surface area contributed by atoms with Crippen LogP contribution in [0.4, 0.5) is 5.69 Å². The van der Waals surface area contributed by atoms with E-state index in [9.17, 15) is 18.0 Å². The maximum atomic E-state index is 13.3. The first kappa shape index (κ1) is 22.9. The summed E-state index contributed by atoms with van der Waals surface area (Å²) in [6.07, 6.45) is 3.35. The molecule has 2 amide bonds. The molecular weight excluding hydrogens is 454 g/mol. The molecule has 180 valence electrons. The number of fused-ring (bicyclic) bond motifs is 2. The molecule has 2 aliphatic heterocycles. The Morgan fingerprint density at radius 2 is 1.65 bits per heavy atom. The van der Waals surface area contributed by atoms with E-state index in [1.807, 2.05) is 18.2 Å². The van der Waals surface area contributed by atoms with Gasteiger partial charge >= 0.3 is 0 Å². The number of anilines is 1. The fourth-order valence-corrected chi connectivity index (χ4v) is 6.51. The lowest BCUT2D eigenvalue weighted by Crippen LogP contribution is -2.56. The number of rotatable bonds is 3. The van der Waals surface area contributed by atoms with Crippen molar-refractivity contribution in [2.45, 2.75) is 43.6 Å².